The molecule has 0 saturated carbocycles. The summed E-state index contributed by atoms with van der Waals surface area (Å²) in [6.07, 6.45) is 27.5. The molecule has 0 aliphatic heterocycles. The number of allylic oxidation sites excluding steroid dienone is 9. The predicted molar refractivity (Wildman–Crippen MR) is 507 cm³/mol. The van der Waals surface area contributed by atoms with Crippen molar-refractivity contribution in [2.75, 3.05) is 13.2 Å². The maximum Gasteiger partial charge on any atom is 0.246 e. The molecule has 0 bridgehead atoms. The molecule has 0 saturated heterocycles. The van der Waals surface area contributed by atoms with E-state index in [1.165, 1.54) is 48.5 Å². The lowest BCUT2D eigenvalue weighted by Gasteiger charge is -2.34. The van der Waals surface area contributed by atoms with Gasteiger partial charge in [-0.05, 0) is 201 Å². The van der Waals surface area contributed by atoms with E-state index in [1.54, 1.807) is 92.2 Å². The number of carbonyl (C=O) groups is 8. The van der Waals surface area contributed by atoms with Crippen LogP contribution in [-0.2, 0) is 63.6 Å². The van der Waals surface area contributed by atoms with Gasteiger partial charge in [0.05, 0.1) is 21.4 Å². The van der Waals surface area contributed by atoms with E-state index >= 15 is 0 Å². The average molecular weight is 1740 g/mol. The highest BCUT2D eigenvalue weighted by Gasteiger charge is 2.30. The number of hydrogen-bond acceptors (Lipinski definition) is 19. The minimum Gasteiger partial charge on any atom is -0.396 e. The van der Waals surface area contributed by atoms with Crippen LogP contribution in [0.3, 0.4) is 0 Å². The average Bonchev–Trinajstić information content (AvgIpc) is 1.59. The van der Waals surface area contributed by atoms with Crippen LogP contribution in [0, 0.1) is 68.0 Å². The molecule has 121 heavy (non-hydrogen) atoms. The molecular formula is C97H162N8O13S3. The van der Waals surface area contributed by atoms with E-state index in [0.717, 1.165) is 83.4 Å². The number of thiazole rings is 1. The zero-order valence-corrected chi connectivity index (χ0v) is 84.3. The van der Waals surface area contributed by atoms with Gasteiger partial charge in [0.15, 0.2) is 44.5 Å². The van der Waals surface area contributed by atoms with Crippen molar-refractivity contribution in [2.45, 2.75) is 341 Å². The molecule has 0 aromatic carbocycles. The van der Waals surface area contributed by atoms with Gasteiger partial charge in [-0.25, -0.2) is 31.5 Å². The summed E-state index contributed by atoms with van der Waals surface area (Å²) in [5.74, 6) is 1.62. The summed E-state index contributed by atoms with van der Waals surface area (Å²) in [6, 6.07) is 5.85. The molecule has 3 N–H and O–H groups in total. The zero-order valence-electron chi connectivity index (χ0n) is 81.8. The molecule has 0 spiro atoms. The Morgan fingerprint density at radius 3 is 1.27 bits per heavy atom. The highest BCUT2D eigenvalue weighted by Crippen LogP contribution is 2.30. The third-order valence-electron chi connectivity index (χ3n) is 15.5. The topological polar surface area (TPSA) is 339 Å². The molecule has 2 heterocycles. The molecule has 21 nitrogen and oxygen atoms in total. The molecule has 2 amide bonds. The number of nitrogens with zero attached hydrogens (tertiary/aromatic N) is 6. The molecule has 0 unspecified atom stereocenters. The van der Waals surface area contributed by atoms with Crippen LogP contribution in [0.25, 0.3) is 6.08 Å². The number of aliphatic hydroxyl groups excluding tert-OH is 1. The van der Waals surface area contributed by atoms with Crippen LogP contribution < -0.4 is 10.0 Å². The molecule has 686 valence electrons. The van der Waals surface area contributed by atoms with Crippen LogP contribution in [0.4, 0.5) is 0 Å². The maximum absolute atomic E-state index is 11.8. The van der Waals surface area contributed by atoms with Gasteiger partial charge in [-0.3, -0.25) is 43.3 Å². The summed E-state index contributed by atoms with van der Waals surface area (Å²) < 4.78 is 45.1. The molecule has 0 radical (unpaired) electrons. The van der Waals surface area contributed by atoms with Crippen molar-refractivity contribution in [3.05, 3.63) is 155 Å². The van der Waals surface area contributed by atoms with Crippen molar-refractivity contribution in [2.24, 2.45) is 38.4 Å². The first-order valence-corrected chi connectivity index (χ1v) is 45.1. The number of Topliss-reactive ketones (excluding diaryl/α,β-unsaturated/α-hetero) is 4. The standard InChI is InChI=1S/C11H12N2OS.C11H17NO.C11H18O.C10H19NO.C10H16O.C9H14N2.C9H16O2.C7H13NO.C7H12O.C6H13NO2S.C6H12O2S/c1-11(2,3)10(14)8(5-12)4-9-6-13-7-15-9;1-8(2)6-9(7-12)10(13)11(3,4)5;1-11(2,3)10(12)9-7-5-4-6-8-9;1-6-8-11(9(12)7-2)10(3,4)5;1-10(2,3)9(11)8-6-4-5-7-8;1-7-10-6-5-8(11-7)9(2,3)4;1-9(2,3)8(11)6-4-5-7-10;1-5-6(9)8-7(2,3)4;1-5-6(8)7(2,3)4;1-5-10(8,9)7-6(2,3)4;1-5-9(7,8)6(2,3)4/h4,6-7H,1-3H3;6,8H,1-5H3;7H,4-6,8H2,1-3H3;7H,2,6,8H2,1,3-5H3;6H,4-5,7H2,1-3H3;5-6H,1-4H3;4,6,10H,5,7H2,1-3H3;5H,1H2,2-4H3,(H,8,9);5H,1H2,2-4H3;5,7H,1H2,2-4H3;5H,1H2,2-4H3/b8-4+;9-6+;;;;;6-4+;;;;. The van der Waals surface area contributed by atoms with E-state index in [4.69, 9.17) is 15.6 Å². The number of rotatable bonds is 17. The molecule has 0 fully saturated rings. The second-order valence-electron chi connectivity index (χ2n) is 40.2. The summed E-state index contributed by atoms with van der Waals surface area (Å²) in [7, 11) is -6.34. The van der Waals surface area contributed by atoms with Crippen molar-refractivity contribution in [3.8, 4) is 12.1 Å². The Morgan fingerprint density at radius 2 is 1.04 bits per heavy atom. The van der Waals surface area contributed by atoms with Crippen LogP contribution in [0.15, 0.2) is 139 Å². The minimum absolute atomic E-state index is 0.0179. The number of carbonyl (C=O) groups excluding carboxylic acids is 8. The number of sulfonamides is 1. The number of ketones is 6. The lowest BCUT2D eigenvalue weighted by atomic mass is 9.82. The van der Waals surface area contributed by atoms with Gasteiger partial charge >= 0.3 is 0 Å². The van der Waals surface area contributed by atoms with E-state index in [9.17, 15) is 55.2 Å². The Bertz CT molecular complexity index is 4090. The van der Waals surface area contributed by atoms with Crippen molar-refractivity contribution in [1.29, 1.82) is 10.5 Å². The monoisotopic (exact) mass is 1740 g/mol. The Morgan fingerprint density at radius 1 is 0.595 bits per heavy atom. The first kappa shape index (κ1) is 126. The lowest BCUT2D eigenvalue weighted by molar-refractivity contribution is -0.130. The van der Waals surface area contributed by atoms with Gasteiger partial charge < -0.3 is 15.3 Å². The largest absolute Gasteiger partial charge is 0.396 e. The zero-order chi connectivity index (χ0) is 97.4. The fourth-order valence-corrected chi connectivity index (χ4v) is 10.7. The van der Waals surface area contributed by atoms with Gasteiger partial charge in [0.25, 0.3) is 0 Å². The summed E-state index contributed by atoms with van der Waals surface area (Å²) in [5.41, 5.74) is 2.91. The van der Waals surface area contributed by atoms with E-state index in [-0.39, 0.29) is 96.8 Å². The SMILES string of the molecule is C=CC(=O)C(C)(C)C.C=CC(=O)N(CCC)C(C)(C)C.C=CC(=O)NC(C)(C)C.C=CS(=O)(=O)C(C)(C)C.C=CS(=O)(=O)NC(C)(C)C.CC(C)(C)C(=O)/C(C#N)=C/c1cncs1.CC(C)(C)C(=O)/C=C/CCO.CC(C)(C)C(=O)C1=CCCC1.CC(C)(C)C(=O)C1=CCCCC1.CC(C)/C=C(\C#N)C(=O)C(C)(C)C.Cc1nccc(C(C)(C)C)n1. The van der Waals surface area contributed by atoms with Gasteiger partial charge in [-0.2, -0.15) is 10.5 Å². The molecule has 2 aromatic heterocycles. The summed E-state index contributed by atoms with van der Waals surface area (Å²) in [5, 5.41) is 30.7. The van der Waals surface area contributed by atoms with Crippen LogP contribution in [0.1, 0.15) is 323 Å². The van der Waals surface area contributed by atoms with Gasteiger partial charge in [0, 0.05) is 101 Å². The number of aliphatic hydroxyl groups is 1. The van der Waals surface area contributed by atoms with Gasteiger partial charge in [0.1, 0.15) is 18.0 Å². The maximum atomic E-state index is 11.8. The van der Waals surface area contributed by atoms with Crippen molar-refractivity contribution in [3.63, 3.8) is 0 Å². The number of hydrogen-bond donors (Lipinski definition) is 3. The highest BCUT2D eigenvalue weighted by molar-refractivity contribution is 7.95. The Balaban J connectivity index is -0.000000237. The molecule has 0 atom stereocenters. The Labute approximate surface area is 739 Å². The molecular weight excluding hydrogens is 1580 g/mol. The first-order valence-electron chi connectivity index (χ1n) is 41.1. The molecule has 2 aliphatic carbocycles. The van der Waals surface area contributed by atoms with Crippen LogP contribution >= 0.6 is 11.3 Å². The number of aryl methyl sites for hydroxylation is 1. The quantitative estimate of drug-likeness (QED) is 0.0978. The predicted octanol–water partition coefficient (Wildman–Crippen LogP) is 22.1. The van der Waals surface area contributed by atoms with E-state index in [1.807, 2.05) is 195 Å². The Hall–Kier alpha value is -8.13. The smallest absolute Gasteiger partial charge is 0.246 e. The fraction of sp³-hybridized carbons (Fsp3) is 0.619. The Kier molecular flexibility index (Phi) is 59.7. The molecule has 4 rings (SSSR count). The molecule has 2 aromatic rings. The van der Waals surface area contributed by atoms with Crippen LogP contribution in [0.2, 0.25) is 0 Å². The summed E-state index contributed by atoms with van der Waals surface area (Å²) >= 11 is 1.40. The number of nitrogens with one attached hydrogen (secondary N) is 2. The summed E-state index contributed by atoms with van der Waals surface area (Å²) in [6.45, 7) is 87.9. The van der Waals surface area contributed by atoms with Gasteiger partial charge in [-0.15, -0.1) is 11.3 Å². The van der Waals surface area contributed by atoms with Crippen molar-refractivity contribution >= 4 is 83.8 Å². The van der Waals surface area contributed by atoms with E-state index < -0.39 is 41.0 Å². The number of sulfone groups is 1. The normalized spacial score (nSPS) is 13.3. The van der Waals surface area contributed by atoms with Gasteiger partial charge in [-0.1, -0.05) is 223 Å². The van der Waals surface area contributed by atoms with E-state index in [2.05, 4.69) is 97.7 Å². The lowest BCUT2D eigenvalue weighted by Crippen LogP contribution is -2.45. The van der Waals surface area contributed by atoms with Gasteiger partial charge in [0.2, 0.25) is 21.8 Å². The highest BCUT2D eigenvalue weighted by atomic mass is 32.2. The van der Waals surface area contributed by atoms with Crippen LogP contribution in [0.5, 0.6) is 0 Å². The van der Waals surface area contributed by atoms with Crippen molar-refractivity contribution in [1.82, 2.24) is 29.9 Å². The summed E-state index contributed by atoms with van der Waals surface area (Å²) in [4.78, 5) is 106. The number of nitriles is 2. The first-order chi connectivity index (χ1) is 54.2. The van der Waals surface area contributed by atoms with Crippen molar-refractivity contribution < 1.29 is 60.3 Å². The number of aromatic nitrogens is 3. The third kappa shape index (κ3) is 65.2. The van der Waals surface area contributed by atoms with E-state index in [0.29, 0.717) is 18.0 Å². The third-order valence-corrected chi connectivity index (χ3v) is 19.7. The second-order valence-corrected chi connectivity index (χ2v) is 45.4. The minimum atomic E-state index is -3.26. The second kappa shape index (κ2) is 57.3. The number of amides is 2. The van der Waals surface area contributed by atoms with Crippen LogP contribution in [-0.4, -0.2) is 123 Å². The fourth-order valence-electron chi connectivity index (χ4n) is 8.72. The molecule has 24 heteroatoms. The molecule has 2 aliphatic rings.